The van der Waals surface area contributed by atoms with E-state index in [2.05, 4.69) is 19.2 Å². The molecule has 0 aliphatic heterocycles. The Morgan fingerprint density at radius 2 is 1.96 bits per heavy atom. The highest BCUT2D eigenvalue weighted by molar-refractivity contribution is 6.31. The van der Waals surface area contributed by atoms with E-state index < -0.39 is 0 Å². The lowest BCUT2D eigenvalue weighted by Crippen LogP contribution is -2.07. The topological polar surface area (TPSA) is 47.6 Å². The number of hydrogen-bond donors (Lipinski definition) is 1. The van der Waals surface area contributed by atoms with Gasteiger partial charge < -0.3 is 14.8 Å². The summed E-state index contributed by atoms with van der Waals surface area (Å²) >= 11 is 6.08. The van der Waals surface area contributed by atoms with Gasteiger partial charge in [-0.15, -0.1) is 0 Å². The second-order valence-electron chi connectivity index (χ2n) is 6.73. The second kappa shape index (κ2) is 10.0. The molecular weight excluding hydrogens is 362 g/mol. The van der Waals surface area contributed by atoms with Crippen LogP contribution >= 0.6 is 11.6 Å². The van der Waals surface area contributed by atoms with Crippen molar-refractivity contribution in [2.75, 3.05) is 19.0 Å². The number of amides is 1. The summed E-state index contributed by atoms with van der Waals surface area (Å²) in [5, 5.41) is 3.41. The molecule has 0 fully saturated rings. The molecule has 0 aliphatic rings. The lowest BCUT2D eigenvalue weighted by molar-refractivity contribution is -0.111. The SMILES string of the molecule is COc1cc(/C=C/C(=O)Nc2ccc(C)c(Cl)c2)ccc1OCCC(C)C. The van der Waals surface area contributed by atoms with E-state index in [9.17, 15) is 4.79 Å². The first-order valence-electron chi connectivity index (χ1n) is 8.95. The van der Waals surface area contributed by atoms with Crippen LogP contribution in [0.25, 0.3) is 6.08 Å². The molecule has 0 saturated carbocycles. The zero-order valence-electron chi connectivity index (χ0n) is 16.2. The van der Waals surface area contributed by atoms with Crippen molar-refractivity contribution in [1.29, 1.82) is 0 Å². The van der Waals surface area contributed by atoms with Crippen LogP contribution in [0.15, 0.2) is 42.5 Å². The van der Waals surface area contributed by atoms with Crippen LogP contribution < -0.4 is 14.8 Å². The van der Waals surface area contributed by atoms with Crippen molar-refractivity contribution in [3.8, 4) is 11.5 Å². The highest BCUT2D eigenvalue weighted by Crippen LogP contribution is 2.29. The van der Waals surface area contributed by atoms with Gasteiger partial charge in [0.15, 0.2) is 11.5 Å². The van der Waals surface area contributed by atoms with Gasteiger partial charge in [-0.2, -0.15) is 0 Å². The van der Waals surface area contributed by atoms with Gasteiger partial charge in [-0.25, -0.2) is 0 Å². The Bertz CT molecular complexity index is 815. The van der Waals surface area contributed by atoms with Crippen molar-refractivity contribution in [3.05, 3.63) is 58.6 Å². The Balaban J connectivity index is 2.00. The summed E-state index contributed by atoms with van der Waals surface area (Å²) in [5.74, 6) is 1.70. The summed E-state index contributed by atoms with van der Waals surface area (Å²) in [6.45, 7) is 6.87. The molecule has 0 aliphatic carbocycles. The minimum absolute atomic E-state index is 0.230. The fraction of sp³-hybridized carbons (Fsp3) is 0.318. The van der Waals surface area contributed by atoms with Gasteiger partial charge >= 0.3 is 0 Å². The fourth-order valence-electron chi connectivity index (χ4n) is 2.34. The van der Waals surface area contributed by atoms with E-state index >= 15 is 0 Å². The molecule has 0 radical (unpaired) electrons. The van der Waals surface area contributed by atoms with Gasteiger partial charge in [-0.3, -0.25) is 4.79 Å². The lowest BCUT2D eigenvalue weighted by Gasteiger charge is -2.12. The average Bonchev–Trinajstić information content (AvgIpc) is 2.63. The molecule has 2 aromatic rings. The van der Waals surface area contributed by atoms with Crippen LogP contribution in [0.5, 0.6) is 11.5 Å². The second-order valence-corrected chi connectivity index (χ2v) is 7.14. The van der Waals surface area contributed by atoms with Crippen molar-refractivity contribution >= 4 is 29.3 Å². The molecular formula is C22H26ClNO3. The molecule has 0 bridgehead atoms. The van der Waals surface area contributed by atoms with Crippen molar-refractivity contribution < 1.29 is 14.3 Å². The van der Waals surface area contributed by atoms with Crippen LogP contribution in [0.3, 0.4) is 0 Å². The smallest absolute Gasteiger partial charge is 0.248 e. The van der Waals surface area contributed by atoms with Crippen LogP contribution in [-0.2, 0) is 4.79 Å². The quantitative estimate of drug-likeness (QED) is 0.588. The third-order valence-electron chi connectivity index (χ3n) is 4.01. The number of ether oxygens (including phenoxy) is 2. The number of carbonyl (C=O) groups is 1. The Labute approximate surface area is 166 Å². The molecule has 0 aromatic heterocycles. The van der Waals surface area contributed by atoms with E-state index in [0.29, 0.717) is 34.7 Å². The molecule has 0 heterocycles. The summed E-state index contributed by atoms with van der Waals surface area (Å²) < 4.78 is 11.2. The van der Waals surface area contributed by atoms with Gasteiger partial charge in [-0.1, -0.05) is 37.6 Å². The van der Waals surface area contributed by atoms with Gasteiger partial charge in [0.2, 0.25) is 5.91 Å². The monoisotopic (exact) mass is 387 g/mol. The third-order valence-corrected chi connectivity index (χ3v) is 4.41. The van der Waals surface area contributed by atoms with Crippen LogP contribution in [0.4, 0.5) is 5.69 Å². The normalized spacial score (nSPS) is 11.0. The summed E-state index contributed by atoms with van der Waals surface area (Å²) in [6.07, 6.45) is 4.18. The minimum Gasteiger partial charge on any atom is -0.493 e. The van der Waals surface area contributed by atoms with E-state index in [1.54, 1.807) is 19.3 Å². The number of hydrogen-bond acceptors (Lipinski definition) is 3. The Hall–Kier alpha value is -2.46. The molecule has 0 unspecified atom stereocenters. The molecule has 0 atom stereocenters. The lowest BCUT2D eigenvalue weighted by atomic mass is 10.1. The van der Waals surface area contributed by atoms with E-state index in [1.807, 2.05) is 37.3 Å². The van der Waals surface area contributed by atoms with E-state index in [0.717, 1.165) is 17.5 Å². The minimum atomic E-state index is -0.230. The number of rotatable bonds is 8. The van der Waals surface area contributed by atoms with Gasteiger partial charge in [0.25, 0.3) is 0 Å². The number of methoxy groups -OCH3 is 1. The number of anilines is 1. The van der Waals surface area contributed by atoms with Crippen molar-refractivity contribution in [1.82, 2.24) is 0 Å². The Morgan fingerprint density at radius 3 is 2.63 bits per heavy atom. The molecule has 1 N–H and O–H groups in total. The van der Waals surface area contributed by atoms with Crippen molar-refractivity contribution in [2.45, 2.75) is 27.2 Å². The standard InChI is InChI=1S/C22H26ClNO3/c1-15(2)11-12-27-20-9-6-17(13-21(20)26-4)7-10-22(25)24-18-8-5-16(3)19(23)14-18/h5-10,13-15H,11-12H2,1-4H3,(H,24,25)/b10-7+. The predicted octanol–water partition coefficient (Wildman–Crippen LogP) is 5.73. The Morgan fingerprint density at radius 1 is 1.19 bits per heavy atom. The van der Waals surface area contributed by atoms with Gasteiger partial charge in [-0.05, 0) is 60.7 Å². The number of benzene rings is 2. The highest BCUT2D eigenvalue weighted by Gasteiger charge is 2.06. The molecule has 0 spiro atoms. The van der Waals surface area contributed by atoms with Gasteiger partial charge in [0, 0.05) is 16.8 Å². The summed E-state index contributed by atoms with van der Waals surface area (Å²) in [4.78, 5) is 12.1. The maximum atomic E-state index is 12.1. The first kappa shape index (κ1) is 20.8. The van der Waals surface area contributed by atoms with Gasteiger partial charge in [0.05, 0.1) is 13.7 Å². The molecule has 5 heteroatoms. The van der Waals surface area contributed by atoms with Gasteiger partial charge in [0.1, 0.15) is 0 Å². The molecule has 2 aromatic carbocycles. The van der Waals surface area contributed by atoms with Crippen LogP contribution in [0.1, 0.15) is 31.4 Å². The summed E-state index contributed by atoms with van der Waals surface area (Å²) in [5.41, 5.74) is 2.47. The molecule has 0 saturated heterocycles. The first-order chi connectivity index (χ1) is 12.9. The average molecular weight is 388 g/mol. The van der Waals surface area contributed by atoms with Crippen LogP contribution in [0, 0.1) is 12.8 Å². The largest absolute Gasteiger partial charge is 0.493 e. The third kappa shape index (κ3) is 6.65. The highest BCUT2D eigenvalue weighted by atomic mass is 35.5. The molecule has 144 valence electrons. The van der Waals surface area contributed by atoms with E-state index in [1.165, 1.54) is 6.08 Å². The number of carbonyl (C=O) groups excluding carboxylic acids is 1. The molecule has 2 rings (SSSR count). The Kier molecular flexibility index (Phi) is 7.74. The van der Waals surface area contributed by atoms with E-state index in [-0.39, 0.29) is 5.91 Å². The first-order valence-corrected chi connectivity index (χ1v) is 9.33. The van der Waals surface area contributed by atoms with Crippen molar-refractivity contribution in [2.24, 2.45) is 5.92 Å². The molecule has 1 amide bonds. The number of nitrogens with one attached hydrogen (secondary N) is 1. The fourth-order valence-corrected chi connectivity index (χ4v) is 2.52. The van der Waals surface area contributed by atoms with E-state index in [4.69, 9.17) is 21.1 Å². The maximum absolute atomic E-state index is 12.1. The van der Waals surface area contributed by atoms with Crippen molar-refractivity contribution in [3.63, 3.8) is 0 Å². The number of halogens is 1. The maximum Gasteiger partial charge on any atom is 0.248 e. The summed E-state index contributed by atoms with van der Waals surface area (Å²) in [6, 6.07) is 11.0. The summed E-state index contributed by atoms with van der Waals surface area (Å²) in [7, 11) is 1.60. The zero-order chi connectivity index (χ0) is 19.8. The van der Waals surface area contributed by atoms with Crippen LogP contribution in [0.2, 0.25) is 5.02 Å². The van der Waals surface area contributed by atoms with Crippen LogP contribution in [-0.4, -0.2) is 19.6 Å². The molecule has 4 nitrogen and oxygen atoms in total. The number of aryl methyl sites for hydroxylation is 1. The predicted molar refractivity (Wildman–Crippen MR) is 112 cm³/mol. The zero-order valence-corrected chi connectivity index (χ0v) is 17.0. The molecule has 27 heavy (non-hydrogen) atoms.